The van der Waals surface area contributed by atoms with E-state index in [1.807, 2.05) is 19.2 Å². The highest BCUT2D eigenvalue weighted by atomic mass is 32.2. The van der Waals surface area contributed by atoms with E-state index in [2.05, 4.69) is 10.2 Å². The van der Waals surface area contributed by atoms with E-state index in [0.29, 0.717) is 6.42 Å². The zero-order chi connectivity index (χ0) is 16.8. The Hall–Kier alpha value is -1.27. The van der Waals surface area contributed by atoms with Crippen molar-refractivity contribution in [2.24, 2.45) is 5.73 Å². The molecule has 6 heteroatoms. The fourth-order valence-electron chi connectivity index (χ4n) is 2.97. The maximum absolute atomic E-state index is 13.3. The second-order valence-electron chi connectivity index (χ2n) is 6.11. The van der Waals surface area contributed by atoms with E-state index in [4.69, 9.17) is 5.73 Å². The lowest BCUT2D eigenvalue weighted by Crippen LogP contribution is -2.52. The van der Waals surface area contributed by atoms with Gasteiger partial charge in [0.1, 0.15) is 5.82 Å². The highest BCUT2D eigenvalue weighted by molar-refractivity contribution is 7.98. The molecular formula is C17H26FN3OS. The van der Waals surface area contributed by atoms with Crippen LogP contribution in [-0.2, 0) is 4.79 Å². The zero-order valence-corrected chi connectivity index (χ0v) is 14.7. The molecular weight excluding hydrogens is 313 g/mol. The molecule has 1 saturated heterocycles. The Morgan fingerprint density at radius 1 is 1.57 bits per heavy atom. The van der Waals surface area contributed by atoms with Gasteiger partial charge in [-0.3, -0.25) is 4.79 Å². The van der Waals surface area contributed by atoms with Crippen molar-refractivity contribution in [3.05, 3.63) is 29.6 Å². The molecule has 1 aliphatic rings. The molecule has 2 rings (SSSR count). The Morgan fingerprint density at radius 2 is 2.35 bits per heavy atom. The highest BCUT2D eigenvalue weighted by Gasteiger charge is 2.24. The zero-order valence-electron chi connectivity index (χ0n) is 13.8. The molecule has 0 bridgehead atoms. The van der Waals surface area contributed by atoms with Crippen molar-refractivity contribution in [2.75, 3.05) is 30.0 Å². The third kappa shape index (κ3) is 5.11. The van der Waals surface area contributed by atoms with Gasteiger partial charge in [0.15, 0.2) is 0 Å². The summed E-state index contributed by atoms with van der Waals surface area (Å²) >= 11 is 1.69. The summed E-state index contributed by atoms with van der Waals surface area (Å²) in [5.74, 6) is 0.606. The van der Waals surface area contributed by atoms with E-state index in [1.165, 1.54) is 6.07 Å². The summed E-state index contributed by atoms with van der Waals surface area (Å²) in [6.45, 7) is 3.59. The average molecular weight is 339 g/mol. The lowest BCUT2D eigenvalue weighted by Gasteiger charge is -2.36. The Labute approximate surface area is 142 Å². The van der Waals surface area contributed by atoms with Crippen molar-refractivity contribution in [3.63, 3.8) is 0 Å². The maximum atomic E-state index is 13.3. The van der Waals surface area contributed by atoms with Crippen molar-refractivity contribution in [1.29, 1.82) is 0 Å². The Balaban J connectivity index is 1.94. The Morgan fingerprint density at radius 3 is 3.04 bits per heavy atom. The van der Waals surface area contributed by atoms with Gasteiger partial charge in [0.2, 0.25) is 5.91 Å². The van der Waals surface area contributed by atoms with Crippen molar-refractivity contribution in [2.45, 2.75) is 38.3 Å². The summed E-state index contributed by atoms with van der Waals surface area (Å²) in [4.78, 5) is 14.4. The first kappa shape index (κ1) is 18.1. The number of nitrogens with two attached hydrogens (primary N) is 1. The van der Waals surface area contributed by atoms with Crippen LogP contribution in [0.25, 0.3) is 0 Å². The number of halogens is 1. The van der Waals surface area contributed by atoms with Gasteiger partial charge in [-0.05, 0) is 62.0 Å². The molecule has 0 spiro atoms. The number of benzene rings is 1. The van der Waals surface area contributed by atoms with Crippen molar-refractivity contribution in [1.82, 2.24) is 5.32 Å². The van der Waals surface area contributed by atoms with Crippen molar-refractivity contribution in [3.8, 4) is 0 Å². The lowest BCUT2D eigenvalue weighted by atomic mass is 10.0. The fourth-order valence-corrected chi connectivity index (χ4v) is 3.46. The molecule has 1 unspecified atom stereocenters. The molecule has 0 radical (unpaired) electrons. The SMILES string of the molecule is CSCC[C@H](N)C(=O)NC1CCCN(c2ccc(F)cc2C)C1. The number of nitrogens with zero attached hydrogens (tertiary/aromatic N) is 1. The maximum Gasteiger partial charge on any atom is 0.237 e. The second-order valence-corrected chi connectivity index (χ2v) is 7.10. The van der Waals surface area contributed by atoms with Crippen molar-refractivity contribution >= 4 is 23.4 Å². The third-order valence-corrected chi connectivity index (χ3v) is 4.88. The number of carbonyl (C=O) groups excluding carboxylic acids is 1. The molecule has 3 N–H and O–H groups in total. The standard InChI is InChI=1S/C17H26FN3OS/c1-12-10-13(18)5-6-16(12)21-8-3-4-14(11-21)20-17(22)15(19)7-9-23-2/h5-6,10,14-15H,3-4,7-9,11,19H2,1-2H3,(H,20,22)/t14?,15-/m0/s1. The van der Waals surface area contributed by atoms with Gasteiger partial charge in [0.25, 0.3) is 0 Å². The number of piperidine rings is 1. The van der Waals surface area contributed by atoms with Crippen LogP contribution < -0.4 is 16.0 Å². The van der Waals surface area contributed by atoms with E-state index >= 15 is 0 Å². The van der Waals surface area contributed by atoms with Gasteiger partial charge < -0.3 is 16.0 Å². The fraction of sp³-hybridized carbons (Fsp3) is 0.588. The molecule has 0 aliphatic carbocycles. The normalized spacial score (nSPS) is 19.5. The largest absolute Gasteiger partial charge is 0.369 e. The minimum Gasteiger partial charge on any atom is -0.369 e. The molecule has 1 fully saturated rings. The predicted octanol–water partition coefficient (Wildman–Crippen LogP) is 2.30. The van der Waals surface area contributed by atoms with Gasteiger partial charge in [-0.25, -0.2) is 4.39 Å². The van der Waals surface area contributed by atoms with Crippen molar-refractivity contribution < 1.29 is 9.18 Å². The summed E-state index contributed by atoms with van der Waals surface area (Å²) in [6.07, 6.45) is 4.66. The third-order valence-electron chi connectivity index (χ3n) is 4.24. The van der Waals surface area contributed by atoms with Gasteiger partial charge in [-0.2, -0.15) is 11.8 Å². The summed E-state index contributed by atoms with van der Waals surface area (Å²) < 4.78 is 13.3. The number of carbonyl (C=O) groups is 1. The number of anilines is 1. The summed E-state index contributed by atoms with van der Waals surface area (Å²) in [7, 11) is 0. The number of hydrogen-bond acceptors (Lipinski definition) is 4. The number of hydrogen-bond donors (Lipinski definition) is 2. The van der Waals surface area contributed by atoms with Gasteiger partial charge in [0.05, 0.1) is 6.04 Å². The first-order valence-electron chi connectivity index (χ1n) is 8.07. The van der Waals surface area contributed by atoms with Gasteiger partial charge in [0, 0.05) is 24.8 Å². The molecule has 2 atom stereocenters. The van der Waals surface area contributed by atoms with E-state index < -0.39 is 6.04 Å². The second kappa shape index (κ2) is 8.55. The highest BCUT2D eigenvalue weighted by Crippen LogP contribution is 2.24. The molecule has 1 aromatic carbocycles. The minimum absolute atomic E-state index is 0.0678. The van der Waals surface area contributed by atoms with Crippen LogP contribution in [0.2, 0.25) is 0 Å². The van der Waals surface area contributed by atoms with E-state index in [0.717, 1.165) is 42.9 Å². The first-order valence-corrected chi connectivity index (χ1v) is 9.46. The topological polar surface area (TPSA) is 58.4 Å². The molecule has 1 heterocycles. The quantitative estimate of drug-likeness (QED) is 0.835. The van der Waals surface area contributed by atoms with Gasteiger partial charge >= 0.3 is 0 Å². The van der Waals surface area contributed by atoms with Crippen LogP contribution in [0.15, 0.2) is 18.2 Å². The van der Waals surface area contributed by atoms with Gasteiger partial charge in [-0.1, -0.05) is 0 Å². The van der Waals surface area contributed by atoms with E-state index in [1.54, 1.807) is 17.8 Å². The predicted molar refractivity (Wildman–Crippen MR) is 95.5 cm³/mol. The summed E-state index contributed by atoms with van der Waals surface area (Å²) in [5, 5.41) is 3.07. The molecule has 1 amide bonds. The minimum atomic E-state index is -0.439. The molecule has 0 saturated carbocycles. The van der Waals surface area contributed by atoms with Crippen LogP contribution in [0.1, 0.15) is 24.8 Å². The Bertz CT molecular complexity index is 541. The molecule has 1 aliphatic heterocycles. The average Bonchev–Trinajstić information content (AvgIpc) is 2.52. The molecule has 1 aromatic rings. The molecule has 0 aromatic heterocycles. The van der Waals surface area contributed by atoms with Crippen LogP contribution in [-0.4, -0.2) is 43.1 Å². The van der Waals surface area contributed by atoms with Crippen LogP contribution >= 0.6 is 11.8 Å². The summed E-state index contributed by atoms with van der Waals surface area (Å²) in [5.41, 5.74) is 7.89. The number of rotatable bonds is 6. The van der Waals surface area contributed by atoms with Crippen LogP contribution in [0.4, 0.5) is 10.1 Å². The number of aryl methyl sites for hydroxylation is 1. The monoisotopic (exact) mass is 339 g/mol. The lowest BCUT2D eigenvalue weighted by molar-refractivity contribution is -0.123. The number of nitrogens with one attached hydrogen (secondary N) is 1. The Kier molecular flexibility index (Phi) is 6.72. The smallest absolute Gasteiger partial charge is 0.237 e. The van der Waals surface area contributed by atoms with Crippen LogP contribution in [0, 0.1) is 12.7 Å². The number of amides is 1. The molecule has 128 valence electrons. The van der Waals surface area contributed by atoms with Crippen LogP contribution in [0.5, 0.6) is 0 Å². The van der Waals surface area contributed by atoms with Gasteiger partial charge in [-0.15, -0.1) is 0 Å². The van der Waals surface area contributed by atoms with E-state index in [9.17, 15) is 9.18 Å². The summed E-state index contributed by atoms with van der Waals surface area (Å²) in [6, 6.07) is 4.52. The van der Waals surface area contributed by atoms with E-state index in [-0.39, 0.29) is 17.8 Å². The first-order chi connectivity index (χ1) is 11.0. The number of thioether (sulfide) groups is 1. The molecule has 4 nitrogen and oxygen atoms in total. The van der Waals surface area contributed by atoms with Crippen LogP contribution in [0.3, 0.4) is 0 Å². The molecule has 23 heavy (non-hydrogen) atoms.